The van der Waals surface area contributed by atoms with Gasteiger partial charge in [0.1, 0.15) is 0 Å². The summed E-state index contributed by atoms with van der Waals surface area (Å²) in [5.74, 6) is 0.737. The van der Waals surface area contributed by atoms with E-state index in [0.29, 0.717) is 23.7 Å². The number of hydrogen-bond donors (Lipinski definition) is 1. The van der Waals surface area contributed by atoms with Crippen molar-refractivity contribution in [2.75, 3.05) is 25.7 Å². The number of nitrogens with zero attached hydrogens (tertiary/aromatic N) is 1. The molecule has 0 bridgehead atoms. The second-order valence-corrected chi connectivity index (χ2v) is 5.76. The van der Waals surface area contributed by atoms with E-state index in [4.69, 9.17) is 9.47 Å². The number of amides is 2. The van der Waals surface area contributed by atoms with Crippen LogP contribution < -0.4 is 19.7 Å². The van der Waals surface area contributed by atoms with E-state index < -0.39 is 0 Å². The number of anilines is 1. The first-order valence-corrected chi connectivity index (χ1v) is 7.82. The Balaban J connectivity index is 2.13. The molecular formula is C17H24N2O4. The van der Waals surface area contributed by atoms with Crippen LogP contribution in [0.3, 0.4) is 0 Å². The van der Waals surface area contributed by atoms with Crippen LogP contribution in [0.15, 0.2) is 18.2 Å². The highest BCUT2D eigenvalue weighted by Gasteiger charge is 2.35. The molecule has 0 spiro atoms. The Kier molecular flexibility index (Phi) is 5.47. The van der Waals surface area contributed by atoms with Gasteiger partial charge >= 0.3 is 0 Å². The number of ether oxygens (including phenoxy) is 2. The second-order valence-electron chi connectivity index (χ2n) is 5.76. The van der Waals surface area contributed by atoms with Gasteiger partial charge in [0.05, 0.1) is 20.1 Å². The average molecular weight is 320 g/mol. The molecule has 6 heteroatoms. The fraction of sp³-hybridized carbons (Fsp3) is 0.529. The maximum absolute atomic E-state index is 12.3. The first kappa shape index (κ1) is 17.1. The van der Waals surface area contributed by atoms with Crippen LogP contribution in [0, 0.1) is 5.92 Å². The zero-order valence-corrected chi connectivity index (χ0v) is 14.1. The number of carbonyl (C=O) groups is 2. The zero-order chi connectivity index (χ0) is 17.0. The Bertz CT molecular complexity index is 588. The van der Waals surface area contributed by atoms with E-state index in [-0.39, 0.29) is 30.2 Å². The minimum absolute atomic E-state index is 0.0541. The number of carbonyl (C=O) groups excluding carboxylic acids is 2. The highest BCUT2D eigenvalue weighted by atomic mass is 16.5. The zero-order valence-electron chi connectivity index (χ0n) is 14.1. The van der Waals surface area contributed by atoms with Gasteiger partial charge in [-0.3, -0.25) is 9.59 Å². The SMILES string of the molecule is CCC(C)NC(=O)C1CC(=O)N(c2ccc(OC)c(OC)c2)C1. The van der Waals surface area contributed by atoms with Crippen LogP contribution in [0.25, 0.3) is 0 Å². The van der Waals surface area contributed by atoms with Crippen LogP contribution in [0.2, 0.25) is 0 Å². The lowest BCUT2D eigenvalue weighted by Crippen LogP contribution is -2.38. The lowest BCUT2D eigenvalue weighted by Gasteiger charge is -2.19. The van der Waals surface area contributed by atoms with E-state index in [1.165, 1.54) is 0 Å². The van der Waals surface area contributed by atoms with Crippen molar-refractivity contribution >= 4 is 17.5 Å². The van der Waals surface area contributed by atoms with E-state index >= 15 is 0 Å². The summed E-state index contributed by atoms with van der Waals surface area (Å²) in [5, 5.41) is 2.94. The molecule has 2 unspecified atom stereocenters. The smallest absolute Gasteiger partial charge is 0.227 e. The molecule has 1 aliphatic rings. The Morgan fingerprint density at radius 2 is 2.04 bits per heavy atom. The third kappa shape index (κ3) is 3.75. The maximum Gasteiger partial charge on any atom is 0.227 e. The summed E-state index contributed by atoms with van der Waals surface area (Å²) in [7, 11) is 3.11. The molecule has 2 atom stereocenters. The van der Waals surface area contributed by atoms with Gasteiger partial charge in [0.15, 0.2) is 11.5 Å². The van der Waals surface area contributed by atoms with Crippen LogP contribution >= 0.6 is 0 Å². The molecule has 1 aliphatic heterocycles. The van der Waals surface area contributed by atoms with Crippen LogP contribution in [0.1, 0.15) is 26.7 Å². The number of benzene rings is 1. The fourth-order valence-corrected chi connectivity index (χ4v) is 2.59. The van der Waals surface area contributed by atoms with Crippen molar-refractivity contribution in [3.63, 3.8) is 0 Å². The minimum Gasteiger partial charge on any atom is -0.493 e. The van der Waals surface area contributed by atoms with Gasteiger partial charge in [-0.1, -0.05) is 6.92 Å². The summed E-state index contributed by atoms with van der Waals surface area (Å²) in [5.41, 5.74) is 0.714. The van der Waals surface area contributed by atoms with E-state index in [2.05, 4.69) is 5.32 Å². The molecule has 1 aromatic carbocycles. The van der Waals surface area contributed by atoms with Gasteiger partial charge < -0.3 is 19.7 Å². The Hall–Kier alpha value is -2.24. The standard InChI is InChI=1S/C17H24N2O4/c1-5-11(2)18-17(21)12-8-16(20)19(10-12)13-6-7-14(22-3)15(9-13)23-4/h6-7,9,11-12H,5,8,10H2,1-4H3,(H,18,21). The second kappa shape index (κ2) is 7.35. The number of hydrogen-bond acceptors (Lipinski definition) is 4. The van der Waals surface area contributed by atoms with Gasteiger partial charge in [-0.2, -0.15) is 0 Å². The topological polar surface area (TPSA) is 67.9 Å². The maximum atomic E-state index is 12.3. The molecular weight excluding hydrogens is 296 g/mol. The van der Waals surface area contributed by atoms with Crippen molar-refractivity contribution in [2.24, 2.45) is 5.92 Å². The van der Waals surface area contributed by atoms with Crippen LogP contribution in [0.5, 0.6) is 11.5 Å². The highest BCUT2D eigenvalue weighted by molar-refractivity contribution is 6.00. The Morgan fingerprint density at radius 1 is 1.35 bits per heavy atom. The first-order chi connectivity index (χ1) is 11.0. The van der Waals surface area contributed by atoms with Crippen molar-refractivity contribution in [2.45, 2.75) is 32.7 Å². The Labute approximate surface area is 136 Å². The van der Waals surface area contributed by atoms with Gasteiger partial charge in [-0.05, 0) is 25.5 Å². The summed E-state index contributed by atoms with van der Waals surface area (Å²) in [6.07, 6.45) is 1.10. The van der Waals surface area contributed by atoms with Crippen LogP contribution in [-0.4, -0.2) is 38.6 Å². The van der Waals surface area contributed by atoms with E-state index in [9.17, 15) is 9.59 Å². The van der Waals surface area contributed by atoms with Crippen molar-refractivity contribution in [3.8, 4) is 11.5 Å². The normalized spacial score (nSPS) is 18.7. The number of methoxy groups -OCH3 is 2. The molecule has 126 valence electrons. The molecule has 2 amide bonds. The lowest BCUT2D eigenvalue weighted by atomic mass is 10.1. The molecule has 23 heavy (non-hydrogen) atoms. The largest absolute Gasteiger partial charge is 0.493 e. The molecule has 1 saturated heterocycles. The van der Waals surface area contributed by atoms with E-state index in [0.717, 1.165) is 6.42 Å². The molecule has 0 aromatic heterocycles. The molecule has 1 fully saturated rings. The lowest BCUT2D eigenvalue weighted by molar-refractivity contribution is -0.126. The average Bonchev–Trinajstić information content (AvgIpc) is 2.95. The van der Waals surface area contributed by atoms with Crippen molar-refractivity contribution in [3.05, 3.63) is 18.2 Å². The van der Waals surface area contributed by atoms with Crippen molar-refractivity contribution < 1.29 is 19.1 Å². The van der Waals surface area contributed by atoms with Crippen molar-refractivity contribution in [1.82, 2.24) is 5.32 Å². The molecule has 2 rings (SSSR count). The summed E-state index contributed by atoms with van der Waals surface area (Å²) in [4.78, 5) is 26.1. The molecule has 1 aromatic rings. The summed E-state index contributed by atoms with van der Waals surface area (Å²) in [6, 6.07) is 5.43. The minimum atomic E-state index is -0.315. The molecule has 6 nitrogen and oxygen atoms in total. The molecule has 0 aliphatic carbocycles. The van der Waals surface area contributed by atoms with E-state index in [1.54, 1.807) is 37.3 Å². The summed E-state index contributed by atoms with van der Waals surface area (Å²) in [6.45, 7) is 4.36. The van der Waals surface area contributed by atoms with Gasteiger partial charge in [-0.15, -0.1) is 0 Å². The number of nitrogens with one attached hydrogen (secondary N) is 1. The Morgan fingerprint density at radius 3 is 2.65 bits per heavy atom. The summed E-state index contributed by atoms with van der Waals surface area (Å²) >= 11 is 0. The van der Waals surface area contributed by atoms with Crippen LogP contribution in [-0.2, 0) is 9.59 Å². The van der Waals surface area contributed by atoms with Gasteiger partial charge in [0, 0.05) is 30.8 Å². The first-order valence-electron chi connectivity index (χ1n) is 7.82. The molecule has 1 N–H and O–H groups in total. The highest BCUT2D eigenvalue weighted by Crippen LogP contribution is 2.34. The predicted molar refractivity (Wildman–Crippen MR) is 87.9 cm³/mol. The predicted octanol–water partition coefficient (Wildman–Crippen LogP) is 1.97. The van der Waals surface area contributed by atoms with Crippen molar-refractivity contribution in [1.29, 1.82) is 0 Å². The van der Waals surface area contributed by atoms with Crippen LogP contribution in [0.4, 0.5) is 5.69 Å². The van der Waals surface area contributed by atoms with E-state index in [1.807, 2.05) is 13.8 Å². The molecule has 0 saturated carbocycles. The van der Waals surface area contributed by atoms with Gasteiger partial charge in [0.25, 0.3) is 0 Å². The monoisotopic (exact) mass is 320 g/mol. The van der Waals surface area contributed by atoms with Gasteiger partial charge in [-0.25, -0.2) is 0 Å². The number of rotatable bonds is 6. The summed E-state index contributed by atoms with van der Waals surface area (Å²) < 4.78 is 10.5. The third-order valence-corrected chi connectivity index (χ3v) is 4.18. The third-order valence-electron chi connectivity index (χ3n) is 4.18. The molecule has 0 radical (unpaired) electrons. The molecule has 1 heterocycles. The quantitative estimate of drug-likeness (QED) is 0.870. The fourth-order valence-electron chi connectivity index (χ4n) is 2.59. The van der Waals surface area contributed by atoms with Gasteiger partial charge in [0.2, 0.25) is 11.8 Å².